The molecule has 7 heteroatoms. The molecule has 0 radical (unpaired) electrons. The van der Waals surface area contributed by atoms with Crippen LogP contribution in [-0.4, -0.2) is 39.7 Å². The molecule has 0 saturated heterocycles. The van der Waals surface area contributed by atoms with Gasteiger partial charge < -0.3 is 15.5 Å². The summed E-state index contributed by atoms with van der Waals surface area (Å²) in [6.07, 6.45) is 0. The van der Waals surface area contributed by atoms with E-state index >= 15 is 0 Å². The monoisotopic (exact) mass is 475 g/mol. The number of rotatable bonds is 7. The number of carbonyl (C=O) groups is 2. The summed E-state index contributed by atoms with van der Waals surface area (Å²) in [7, 11) is 0. The lowest BCUT2D eigenvalue weighted by molar-refractivity contribution is -0.116. The third-order valence-corrected chi connectivity index (χ3v) is 5.62. The van der Waals surface area contributed by atoms with Gasteiger partial charge >= 0.3 is 6.03 Å². The molecule has 7 nitrogen and oxygen atoms in total. The molecule has 1 heterocycles. The number of benzene rings is 2. The van der Waals surface area contributed by atoms with E-state index in [9.17, 15) is 9.59 Å². The molecule has 3 rings (SSSR count). The molecular weight excluding hydrogens is 438 g/mol. The summed E-state index contributed by atoms with van der Waals surface area (Å²) in [5.74, 6) is 0.503. The zero-order valence-electron chi connectivity index (χ0n) is 21.8. The van der Waals surface area contributed by atoms with E-state index in [2.05, 4.69) is 31.4 Å². The minimum absolute atomic E-state index is 0.0696. The van der Waals surface area contributed by atoms with Crippen molar-refractivity contribution in [3.63, 3.8) is 0 Å². The molecule has 186 valence electrons. The first kappa shape index (κ1) is 26.0. The van der Waals surface area contributed by atoms with Gasteiger partial charge in [0.15, 0.2) is 0 Å². The highest BCUT2D eigenvalue weighted by molar-refractivity contribution is 5.97. The van der Waals surface area contributed by atoms with E-state index in [-0.39, 0.29) is 29.8 Å². The van der Waals surface area contributed by atoms with Gasteiger partial charge in [-0.3, -0.25) is 4.79 Å². The summed E-state index contributed by atoms with van der Waals surface area (Å²) in [5.41, 5.74) is 4.38. The molecule has 0 aliphatic rings. The second-order valence-electron chi connectivity index (χ2n) is 10.5. The summed E-state index contributed by atoms with van der Waals surface area (Å²) in [6.45, 7) is 14.6. The van der Waals surface area contributed by atoms with Gasteiger partial charge in [-0.05, 0) is 43.5 Å². The molecule has 3 amide bonds. The van der Waals surface area contributed by atoms with E-state index in [0.717, 1.165) is 28.2 Å². The molecular formula is C28H37N5O2. The number of hydrogen-bond donors (Lipinski definition) is 2. The Morgan fingerprint density at radius 3 is 2.26 bits per heavy atom. The molecule has 35 heavy (non-hydrogen) atoms. The van der Waals surface area contributed by atoms with Gasteiger partial charge in [-0.25, -0.2) is 9.48 Å². The molecule has 0 spiro atoms. The molecule has 0 unspecified atom stereocenters. The fraction of sp³-hybridized carbons (Fsp3) is 0.393. The molecule has 0 bridgehead atoms. The van der Waals surface area contributed by atoms with E-state index in [1.165, 1.54) is 0 Å². The number of anilines is 2. The number of aryl methyl sites for hydroxylation is 2. The highest BCUT2D eigenvalue weighted by Crippen LogP contribution is 2.26. The van der Waals surface area contributed by atoms with Crippen molar-refractivity contribution in [1.82, 2.24) is 14.7 Å². The van der Waals surface area contributed by atoms with E-state index in [0.29, 0.717) is 12.4 Å². The normalized spacial score (nSPS) is 11.4. The van der Waals surface area contributed by atoms with Crippen molar-refractivity contribution in [1.29, 1.82) is 0 Å². The fourth-order valence-corrected chi connectivity index (χ4v) is 3.64. The van der Waals surface area contributed by atoms with Gasteiger partial charge in [0.25, 0.3) is 0 Å². The standard InChI is InChI=1S/C28H37N5O2/c1-19(2)17-32(27(35)29-23-11-9-8-10-21(23)4)18-26(34)30-25-16-24(28(5,6)7)31-33(25)22-14-12-20(3)13-15-22/h8-16,19H,17-18H2,1-7H3,(H,29,35)(H,30,34). The van der Waals surface area contributed by atoms with Gasteiger partial charge in [0.05, 0.1) is 11.4 Å². The van der Waals surface area contributed by atoms with Crippen molar-refractivity contribution in [2.45, 2.75) is 53.9 Å². The van der Waals surface area contributed by atoms with Crippen LogP contribution in [0.5, 0.6) is 0 Å². The van der Waals surface area contributed by atoms with Crippen molar-refractivity contribution in [2.75, 3.05) is 23.7 Å². The molecule has 0 saturated carbocycles. The van der Waals surface area contributed by atoms with Crippen LogP contribution in [0.3, 0.4) is 0 Å². The Balaban J connectivity index is 1.82. The maximum absolute atomic E-state index is 13.2. The highest BCUT2D eigenvalue weighted by atomic mass is 16.2. The topological polar surface area (TPSA) is 79.3 Å². The number of nitrogens with zero attached hydrogens (tertiary/aromatic N) is 3. The average molecular weight is 476 g/mol. The minimum Gasteiger partial charge on any atom is -0.315 e. The molecule has 0 fully saturated rings. The molecule has 1 aromatic heterocycles. The van der Waals surface area contributed by atoms with Crippen LogP contribution >= 0.6 is 0 Å². The van der Waals surface area contributed by atoms with Crippen LogP contribution in [-0.2, 0) is 10.2 Å². The van der Waals surface area contributed by atoms with Crippen LogP contribution in [0, 0.1) is 19.8 Å². The first-order valence-electron chi connectivity index (χ1n) is 12.0. The van der Waals surface area contributed by atoms with Gasteiger partial charge in [0, 0.05) is 23.7 Å². The molecule has 2 aromatic carbocycles. The van der Waals surface area contributed by atoms with Crippen LogP contribution in [0.15, 0.2) is 54.6 Å². The number of para-hydroxylation sites is 1. The summed E-state index contributed by atoms with van der Waals surface area (Å²) < 4.78 is 1.75. The first-order chi connectivity index (χ1) is 16.4. The van der Waals surface area contributed by atoms with Crippen molar-refractivity contribution in [3.05, 3.63) is 71.4 Å². The van der Waals surface area contributed by atoms with Crippen LogP contribution < -0.4 is 10.6 Å². The van der Waals surface area contributed by atoms with Gasteiger partial charge in [0.2, 0.25) is 5.91 Å². The van der Waals surface area contributed by atoms with Gasteiger partial charge in [0.1, 0.15) is 12.4 Å². The SMILES string of the molecule is Cc1ccc(-n2nc(C(C)(C)C)cc2NC(=O)CN(CC(C)C)C(=O)Nc2ccccc2C)cc1. The van der Waals surface area contributed by atoms with Crippen molar-refractivity contribution < 1.29 is 9.59 Å². The quantitative estimate of drug-likeness (QED) is 0.445. The van der Waals surface area contributed by atoms with Crippen LogP contribution in [0.4, 0.5) is 16.3 Å². The van der Waals surface area contributed by atoms with Crippen LogP contribution in [0.25, 0.3) is 5.69 Å². The number of hydrogen-bond acceptors (Lipinski definition) is 3. The lowest BCUT2D eigenvalue weighted by Gasteiger charge is -2.25. The van der Waals surface area contributed by atoms with Crippen molar-refractivity contribution in [2.24, 2.45) is 5.92 Å². The van der Waals surface area contributed by atoms with E-state index < -0.39 is 0 Å². The van der Waals surface area contributed by atoms with Gasteiger partial charge in [-0.2, -0.15) is 5.10 Å². The average Bonchev–Trinajstić information content (AvgIpc) is 3.19. The predicted molar refractivity (Wildman–Crippen MR) is 142 cm³/mol. The zero-order chi connectivity index (χ0) is 25.8. The molecule has 0 aliphatic carbocycles. The fourth-order valence-electron chi connectivity index (χ4n) is 3.64. The zero-order valence-corrected chi connectivity index (χ0v) is 21.8. The molecule has 0 aliphatic heterocycles. The minimum atomic E-state index is -0.300. The van der Waals surface area contributed by atoms with Gasteiger partial charge in [-0.1, -0.05) is 70.5 Å². The Bertz CT molecular complexity index is 1170. The first-order valence-corrected chi connectivity index (χ1v) is 12.0. The second-order valence-corrected chi connectivity index (χ2v) is 10.5. The second kappa shape index (κ2) is 10.8. The molecule has 2 N–H and O–H groups in total. The van der Waals surface area contributed by atoms with E-state index in [4.69, 9.17) is 5.10 Å². The lowest BCUT2D eigenvalue weighted by Crippen LogP contribution is -2.42. The van der Waals surface area contributed by atoms with Crippen molar-refractivity contribution in [3.8, 4) is 5.69 Å². The Kier molecular flexibility index (Phi) is 7.99. The summed E-state index contributed by atoms with van der Waals surface area (Å²) in [5, 5.41) is 10.7. The van der Waals surface area contributed by atoms with E-state index in [1.54, 1.807) is 9.58 Å². The maximum Gasteiger partial charge on any atom is 0.322 e. The van der Waals surface area contributed by atoms with Crippen LogP contribution in [0.1, 0.15) is 51.4 Å². The number of carbonyl (C=O) groups excluding carboxylic acids is 2. The predicted octanol–water partition coefficient (Wildman–Crippen LogP) is 5.92. The van der Waals surface area contributed by atoms with E-state index in [1.807, 2.05) is 82.3 Å². The summed E-state index contributed by atoms with van der Waals surface area (Å²) in [6, 6.07) is 17.2. The lowest BCUT2D eigenvalue weighted by atomic mass is 9.92. The summed E-state index contributed by atoms with van der Waals surface area (Å²) >= 11 is 0. The Morgan fingerprint density at radius 1 is 1.00 bits per heavy atom. The molecule has 0 atom stereocenters. The number of amides is 3. The summed E-state index contributed by atoms with van der Waals surface area (Å²) in [4.78, 5) is 27.8. The van der Waals surface area contributed by atoms with Crippen LogP contribution in [0.2, 0.25) is 0 Å². The molecule has 3 aromatic rings. The Hall–Kier alpha value is -3.61. The van der Waals surface area contributed by atoms with Crippen molar-refractivity contribution >= 4 is 23.4 Å². The number of nitrogens with one attached hydrogen (secondary N) is 2. The van der Waals surface area contributed by atoms with Gasteiger partial charge in [-0.15, -0.1) is 0 Å². The Labute approximate surface area is 208 Å². The highest BCUT2D eigenvalue weighted by Gasteiger charge is 2.23. The number of aromatic nitrogens is 2. The Morgan fingerprint density at radius 2 is 1.66 bits per heavy atom. The third kappa shape index (κ3) is 6.94. The number of urea groups is 1. The maximum atomic E-state index is 13.2. The smallest absolute Gasteiger partial charge is 0.315 e. The largest absolute Gasteiger partial charge is 0.322 e. The third-order valence-electron chi connectivity index (χ3n) is 5.62.